The highest BCUT2D eigenvalue weighted by atomic mass is 32.2. The zero-order chi connectivity index (χ0) is 10.6. The molecule has 0 aliphatic carbocycles. The summed E-state index contributed by atoms with van der Waals surface area (Å²) >= 11 is 1.47. The van der Waals surface area contributed by atoms with Gasteiger partial charge in [-0.3, -0.25) is 9.59 Å². The lowest BCUT2D eigenvalue weighted by molar-refractivity contribution is -0.145. The fourth-order valence-electron chi connectivity index (χ4n) is 1.62. The molecule has 1 amide bonds. The van der Waals surface area contributed by atoms with Crippen LogP contribution in [0.3, 0.4) is 0 Å². The number of likely N-dealkylation sites (tertiary alicyclic amines) is 1. The maximum Gasteiger partial charge on any atom is 0.308 e. The quantitative estimate of drug-likeness (QED) is 0.755. The lowest BCUT2D eigenvalue weighted by Gasteiger charge is -2.30. The van der Waals surface area contributed by atoms with Crippen LogP contribution in [0.5, 0.6) is 0 Å². The van der Waals surface area contributed by atoms with Gasteiger partial charge in [0, 0.05) is 13.1 Å². The Morgan fingerprint density at radius 2 is 2.29 bits per heavy atom. The molecule has 14 heavy (non-hydrogen) atoms. The third-order valence-corrected chi connectivity index (χ3v) is 2.93. The highest BCUT2D eigenvalue weighted by Gasteiger charge is 2.27. The molecule has 1 aliphatic heterocycles. The van der Waals surface area contributed by atoms with E-state index in [4.69, 9.17) is 5.11 Å². The number of amides is 1. The summed E-state index contributed by atoms with van der Waals surface area (Å²) in [6.07, 6.45) is 3.37. The van der Waals surface area contributed by atoms with Crippen LogP contribution in [0.15, 0.2) is 0 Å². The number of rotatable bonds is 3. The molecule has 1 heterocycles. The summed E-state index contributed by atoms with van der Waals surface area (Å²) in [6.45, 7) is 1.10. The molecule has 1 N–H and O–H groups in total. The average Bonchev–Trinajstić information content (AvgIpc) is 2.18. The van der Waals surface area contributed by atoms with Crippen molar-refractivity contribution in [2.24, 2.45) is 5.92 Å². The Morgan fingerprint density at radius 1 is 1.57 bits per heavy atom. The summed E-state index contributed by atoms with van der Waals surface area (Å²) in [4.78, 5) is 23.9. The van der Waals surface area contributed by atoms with Crippen LogP contribution >= 0.6 is 11.8 Å². The number of nitrogens with zero attached hydrogens (tertiary/aromatic N) is 1. The lowest BCUT2D eigenvalue weighted by atomic mass is 9.98. The minimum absolute atomic E-state index is 0.0588. The van der Waals surface area contributed by atoms with Gasteiger partial charge in [0.25, 0.3) is 0 Å². The highest BCUT2D eigenvalue weighted by molar-refractivity contribution is 7.99. The summed E-state index contributed by atoms with van der Waals surface area (Å²) in [5.74, 6) is -0.642. The molecule has 0 aromatic rings. The predicted molar refractivity (Wildman–Crippen MR) is 55.3 cm³/mol. The van der Waals surface area contributed by atoms with Crippen molar-refractivity contribution in [2.75, 3.05) is 25.1 Å². The number of hydrogen-bond acceptors (Lipinski definition) is 3. The Balaban J connectivity index is 2.47. The van der Waals surface area contributed by atoms with Crippen LogP contribution in [0, 0.1) is 5.92 Å². The summed E-state index contributed by atoms with van der Waals surface area (Å²) in [5.41, 5.74) is 0. The van der Waals surface area contributed by atoms with Crippen LogP contribution in [-0.4, -0.2) is 47.0 Å². The molecule has 5 heteroatoms. The maximum absolute atomic E-state index is 11.5. The van der Waals surface area contributed by atoms with Crippen molar-refractivity contribution < 1.29 is 14.7 Å². The van der Waals surface area contributed by atoms with Crippen molar-refractivity contribution >= 4 is 23.6 Å². The van der Waals surface area contributed by atoms with Gasteiger partial charge in [0.2, 0.25) is 5.91 Å². The Morgan fingerprint density at radius 3 is 2.86 bits per heavy atom. The van der Waals surface area contributed by atoms with Crippen molar-refractivity contribution in [2.45, 2.75) is 12.8 Å². The monoisotopic (exact) mass is 217 g/mol. The summed E-state index contributed by atoms with van der Waals surface area (Å²) in [5, 5.41) is 8.82. The number of hydrogen-bond donors (Lipinski definition) is 1. The van der Waals surface area contributed by atoms with E-state index in [2.05, 4.69) is 0 Å². The molecule has 0 bridgehead atoms. The van der Waals surface area contributed by atoms with Crippen LogP contribution in [-0.2, 0) is 9.59 Å². The van der Waals surface area contributed by atoms with Crippen LogP contribution in [0.2, 0.25) is 0 Å². The molecule has 0 radical (unpaired) electrons. The van der Waals surface area contributed by atoms with Crippen molar-refractivity contribution in [1.29, 1.82) is 0 Å². The molecule has 0 aromatic carbocycles. The minimum Gasteiger partial charge on any atom is -0.481 e. The number of piperidine rings is 1. The number of carbonyl (C=O) groups is 2. The summed E-state index contributed by atoms with van der Waals surface area (Å²) < 4.78 is 0. The largest absolute Gasteiger partial charge is 0.481 e. The van der Waals surface area contributed by atoms with Gasteiger partial charge in [-0.2, -0.15) is 11.8 Å². The van der Waals surface area contributed by atoms with E-state index in [1.165, 1.54) is 11.8 Å². The molecule has 0 aromatic heterocycles. The molecular formula is C9H15NO3S. The van der Waals surface area contributed by atoms with Crippen molar-refractivity contribution in [3.63, 3.8) is 0 Å². The first-order chi connectivity index (χ1) is 6.65. The third-order valence-electron chi connectivity index (χ3n) is 2.39. The molecule has 1 saturated heterocycles. The first-order valence-corrected chi connectivity index (χ1v) is 6.04. The molecule has 1 fully saturated rings. The first kappa shape index (κ1) is 11.4. The van der Waals surface area contributed by atoms with E-state index >= 15 is 0 Å². The second-order valence-electron chi connectivity index (χ2n) is 3.45. The molecule has 0 unspecified atom stereocenters. The van der Waals surface area contributed by atoms with E-state index in [1.807, 2.05) is 6.26 Å². The number of aliphatic carboxylic acids is 1. The van der Waals surface area contributed by atoms with Crippen LogP contribution in [0.25, 0.3) is 0 Å². The first-order valence-electron chi connectivity index (χ1n) is 4.64. The third kappa shape index (κ3) is 2.90. The van der Waals surface area contributed by atoms with Crippen molar-refractivity contribution in [1.82, 2.24) is 4.90 Å². The van der Waals surface area contributed by atoms with E-state index < -0.39 is 5.97 Å². The molecule has 4 nitrogen and oxygen atoms in total. The van der Waals surface area contributed by atoms with Crippen LogP contribution < -0.4 is 0 Å². The Kier molecular flexibility index (Phi) is 4.25. The number of carboxylic acids is 1. The molecule has 1 aliphatic rings. The maximum atomic E-state index is 11.5. The van der Waals surface area contributed by atoms with E-state index in [1.54, 1.807) is 4.90 Å². The lowest BCUT2D eigenvalue weighted by Crippen LogP contribution is -2.43. The van der Waals surface area contributed by atoms with Gasteiger partial charge in [-0.1, -0.05) is 0 Å². The molecule has 1 atom stereocenters. The van der Waals surface area contributed by atoms with E-state index in [-0.39, 0.29) is 11.8 Å². The number of thioether (sulfide) groups is 1. The Hall–Kier alpha value is -0.710. The van der Waals surface area contributed by atoms with Crippen molar-refractivity contribution in [3.05, 3.63) is 0 Å². The molecule has 0 saturated carbocycles. The fourth-order valence-corrected chi connectivity index (χ4v) is 2.05. The van der Waals surface area contributed by atoms with Gasteiger partial charge in [0.15, 0.2) is 0 Å². The minimum atomic E-state index is -0.786. The van der Waals surface area contributed by atoms with Gasteiger partial charge in [-0.05, 0) is 19.1 Å². The Labute approximate surface area is 87.7 Å². The van der Waals surface area contributed by atoms with Gasteiger partial charge < -0.3 is 10.0 Å². The van der Waals surface area contributed by atoms with E-state index in [0.717, 1.165) is 6.42 Å². The predicted octanol–water partition coefficient (Wildman–Crippen LogP) is 0.673. The second kappa shape index (κ2) is 5.24. The normalized spacial score (nSPS) is 22.1. The van der Waals surface area contributed by atoms with Crippen LogP contribution in [0.4, 0.5) is 0 Å². The smallest absolute Gasteiger partial charge is 0.308 e. The van der Waals surface area contributed by atoms with Gasteiger partial charge in [-0.25, -0.2) is 0 Å². The van der Waals surface area contributed by atoms with Gasteiger partial charge in [0.05, 0.1) is 11.7 Å². The molecular weight excluding hydrogens is 202 g/mol. The average molecular weight is 217 g/mol. The SMILES string of the molecule is CSCC(=O)N1CCC[C@H](C(=O)O)C1. The molecule has 0 spiro atoms. The standard InChI is InChI=1S/C9H15NO3S/c1-14-6-8(11)10-4-2-3-7(5-10)9(12)13/h7H,2-6H2,1H3,(H,12,13)/t7-/m0/s1. The summed E-state index contributed by atoms with van der Waals surface area (Å²) in [7, 11) is 0. The number of carboxylic acid groups (broad SMARTS) is 1. The van der Waals surface area contributed by atoms with Gasteiger partial charge in [-0.15, -0.1) is 0 Å². The molecule has 1 rings (SSSR count). The Bertz CT molecular complexity index is 232. The summed E-state index contributed by atoms with van der Waals surface area (Å²) in [6, 6.07) is 0. The van der Waals surface area contributed by atoms with Gasteiger partial charge in [0.1, 0.15) is 0 Å². The van der Waals surface area contributed by atoms with E-state index in [0.29, 0.717) is 25.3 Å². The van der Waals surface area contributed by atoms with Crippen molar-refractivity contribution in [3.8, 4) is 0 Å². The zero-order valence-electron chi connectivity index (χ0n) is 8.23. The van der Waals surface area contributed by atoms with E-state index in [9.17, 15) is 9.59 Å². The van der Waals surface area contributed by atoms with Gasteiger partial charge >= 0.3 is 5.97 Å². The second-order valence-corrected chi connectivity index (χ2v) is 4.32. The topological polar surface area (TPSA) is 57.6 Å². The fraction of sp³-hybridized carbons (Fsp3) is 0.778. The highest BCUT2D eigenvalue weighted by Crippen LogP contribution is 2.17. The van der Waals surface area contributed by atoms with Crippen LogP contribution in [0.1, 0.15) is 12.8 Å². The zero-order valence-corrected chi connectivity index (χ0v) is 9.05. The molecule has 80 valence electrons. The number of carbonyl (C=O) groups excluding carboxylic acids is 1.